The zero-order chi connectivity index (χ0) is 15.5. The molecule has 1 aliphatic rings. The molecule has 0 aromatic heterocycles. The number of nitrogens with zero attached hydrogens (tertiary/aromatic N) is 1. The number of rotatable bonds is 3. The van der Waals surface area contributed by atoms with Crippen LogP contribution in [0, 0.1) is 5.82 Å². The Labute approximate surface area is 126 Å². The first kappa shape index (κ1) is 14.0. The van der Waals surface area contributed by atoms with Crippen LogP contribution in [0.15, 0.2) is 60.4 Å². The van der Waals surface area contributed by atoms with Crippen molar-refractivity contribution in [3.8, 4) is 0 Å². The first-order valence-electron chi connectivity index (χ1n) is 6.68. The lowest BCUT2D eigenvalue weighted by Crippen LogP contribution is -2.28. The fraction of sp³-hybridized carbons (Fsp3) is 0.0588. The van der Waals surface area contributed by atoms with E-state index in [1.807, 2.05) is 30.3 Å². The van der Waals surface area contributed by atoms with Crippen molar-refractivity contribution in [2.45, 2.75) is 6.54 Å². The third kappa shape index (κ3) is 2.88. The van der Waals surface area contributed by atoms with Gasteiger partial charge in [0, 0.05) is 0 Å². The van der Waals surface area contributed by atoms with Crippen molar-refractivity contribution >= 4 is 18.1 Å². The highest BCUT2D eigenvalue weighted by atomic mass is 19.1. The highest BCUT2D eigenvalue weighted by Crippen LogP contribution is 2.21. The Kier molecular flexibility index (Phi) is 3.70. The molecule has 3 rings (SSSR count). The molecule has 2 aromatic carbocycles. The summed E-state index contributed by atoms with van der Waals surface area (Å²) in [5.74, 6) is -0.937. The fourth-order valence-electron chi connectivity index (χ4n) is 2.11. The summed E-state index contributed by atoms with van der Waals surface area (Å²) in [5.41, 5.74) is 1.41. The molecule has 0 spiro atoms. The average molecular weight is 297 g/mol. The predicted molar refractivity (Wildman–Crippen MR) is 77.9 cm³/mol. The van der Waals surface area contributed by atoms with Crippen molar-refractivity contribution in [1.29, 1.82) is 0 Å². The van der Waals surface area contributed by atoms with E-state index in [4.69, 9.17) is 4.74 Å². The zero-order valence-corrected chi connectivity index (χ0v) is 11.5. The van der Waals surface area contributed by atoms with Crippen molar-refractivity contribution in [3.05, 3.63) is 77.3 Å². The topological polar surface area (TPSA) is 46.6 Å². The van der Waals surface area contributed by atoms with Gasteiger partial charge in [0.15, 0.2) is 5.76 Å². The number of halogens is 1. The average Bonchev–Trinajstić information content (AvgIpc) is 2.78. The molecule has 1 aliphatic heterocycles. The van der Waals surface area contributed by atoms with Gasteiger partial charge in [0.1, 0.15) is 5.82 Å². The van der Waals surface area contributed by atoms with Crippen LogP contribution in [0.25, 0.3) is 6.08 Å². The predicted octanol–water partition coefficient (Wildman–Crippen LogP) is 3.35. The number of hydrogen-bond acceptors (Lipinski definition) is 3. The van der Waals surface area contributed by atoms with Crippen LogP contribution < -0.4 is 0 Å². The monoisotopic (exact) mass is 297 g/mol. The third-order valence-electron chi connectivity index (χ3n) is 3.22. The summed E-state index contributed by atoms with van der Waals surface area (Å²) in [6.45, 7) is 0.152. The second kappa shape index (κ2) is 5.81. The molecule has 1 saturated heterocycles. The molecule has 0 atom stereocenters. The standard InChI is InChI=1S/C17H12FNO3/c18-14-8-6-12(7-9-14)10-15-16(20)19(17(21)22-15)11-13-4-2-1-3-5-13/h1-10H,11H2/b15-10-. The Bertz CT molecular complexity index is 738. The molecule has 1 heterocycles. The molecule has 0 bridgehead atoms. The Morgan fingerprint density at radius 3 is 2.36 bits per heavy atom. The van der Waals surface area contributed by atoms with Gasteiger partial charge >= 0.3 is 6.09 Å². The Balaban J connectivity index is 1.80. The molecule has 2 amide bonds. The molecule has 0 saturated carbocycles. The van der Waals surface area contributed by atoms with E-state index in [2.05, 4.69) is 0 Å². The number of cyclic esters (lactones) is 1. The lowest BCUT2D eigenvalue weighted by atomic mass is 10.2. The number of benzene rings is 2. The summed E-state index contributed by atoms with van der Waals surface area (Å²) < 4.78 is 17.9. The summed E-state index contributed by atoms with van der Waals surface area (Å²) in [4.78, 5) is 25.1. The first-order valence-corrected chi connectivity index (χ1v) is 6.68. The van der Waals surface area contributed by atoms with E-state index in [-0.39, 0.29) is 18.1 Å². The summed E-state index contributed by atoms with van der Waals surface area (Å²) in [5, 5.41) is 0. The van der Waals surface area contributed by atoms with Gasteiger partial charge < -0.3 is 4.74 Å². The summed E-state index contributed by atoms with van der Waals surface area (Å²) in [6.07, 6.45) is 0.715. The molecular weight excluding hydrogens is 285 g/mol. The van der Waals surface area contributed by atoms with Gasteiger partial charge in [-0.05, 0) is 29.3 Å². The molecule has 0 aliphatic carbocycles. The maximum atomic E-state index is 12.9. The number of hydrogen-bond donors (Lipinski definition) is 0. The van der Waals surface area contributed by atoms with Gasteiger partial charge in [-0.1, -0.05) is 42.5 Å². The van der Waals surface area contributed by atoms with Gasteiger partial charge in [0.05, 0.1) is 6.54 Å². The maximum absolute atomic E-state index is 12.9. The summed E-state index contributed by atoms with van der Waals surface area (Å²) >= 11 is 0. The molecule has 22 heavy (non-hydrogen) atoms. The van der Waals surface area contributed by atoms with E-state index in [1.54, 1.807) is 0 Å². The second-order valence-electron chi connectivity index (χ2n) is 4.81. The number of ether oxygens (including phenoxy) is 1. The molecular formula is C17H12FNO3. The van der Waals surface area contributed by atoms with Crippen LogP contribution in [-0.2, 0) is 16.1 Å². The number of imide groups is 1. The Hall–Kier alpha value is -2.95. The number of amides is 2. The van der Waals surface area contributed by atoms with Crippen LogP contribution in [-0.4, -0.2) is 16.9 Å². The summed E-state index contributed by atoms with van der Waals surface area (Å²) in [6, 6.07) is 14.7. The van der Waals surface area contributed by atoms with Gasteiger partial charge in [-0.3, -0.25) is 4.79 Å². The Morgan fingerprint density at radius 1 is 1.00 bits per heavy atom. The quantitative estimate of drug-likeness (QED) is 0.816. The minimum atomic E-state index is -0.706. The fourth-order valence-corrected chi connectivity index (χ4v) is 2.11. The molecule has 0 unspecified atom stereocenters. The first-order chi connectivity index (χ1) is 10.6. The molecule has 5 heteroatoms. The van der Waals surface area contributed by atoms with Gasteiger partial charge in [-0.25, -0.2) is 14.1 Å². The third-order valence-corrected chi connectivity index (χ3v) is 3.22. The van der Waals surface area contributed by atoms with Gasteiger partial charge in [-0.15, -0.1) is 0 Å². The van der Waals surface area contributed by atoms with Crippen LogP contribution in [0.1, 0.15) is 11.1 Å². The van der Waals surface area contributed by atoms with Crippen molar-refractivity contribution in [2.24, 2.45) is 0 Å². The second-order valence-corrected chi connectivity index (χ2v) is 4.81. The smallest absolute Gasteiger partial charge is 0.404 e. The van der Waals surface area contributed by atoms with Crippen LogP contribution in [0.3, 0.4) is 0 Å². The summed E-state index contributed by atoms with van der Waals surface area (Å²) in [7, 11) is 0. The van der Waals surface area contributed by atoms with Crippen molar-refractivity contribution < 1.29 is 18.7 Å². The van der Waals surface area contributed by atoms with E-state index in [9.17, 15) is 14.0 Å². The lowest BCUT2D eigenvalue weighted by molar-refractivity contribution is -0.123. The van der Waals surface area contributed by atoms with Crippen LogP contribution >= 0.6 is 0 Å². The molecule has 0 N–H and O–H groups in total. The van der Waals surface area contributed by atoms with Crippen molar-refractivity contribution in [2.75, 3.05) is 0 Å². The van der Waals surface area contributed by atoms with E-state index < -0.39 is 12.0 Å². The van der Waals surface area contributed by atoms with Crippen LogP contribution in [0.5, 0.6) is 0 Å². The minimum absolute atomic E-state index is 0.0625. The van der Waals surface area contributed by atoms with E-state index in [1.165, 1.54) is 30.3 Å². The van der Waals surface area contributed by atoms with E-state index >= 15 is 0 Å². The SMILES string of the molecule is O=C1O/C(=C\c2ccc(F)cc2)C(=O)N1Cc1ccccc1. The maximum Gasteiger partial charge on any atom is 0.422 e. The highest BCUT2D eigenvalue weighted by Gasteiger charge is 2.36. The minimum Gasteiger partial charge on any atom is -0.404 e. The molecule has 110 valence electrons. The molecule has 1 fully saturated rings. The van der Waals surface area contributed by atoms with Gasteiger partial charge in [-0.2, -0.15) is 0 Å². The Morgan fingerprint density at radius 2 is 1.68 bits per heavy atom. The molecule has 0 radical (unpaired) electrons. The number of carbonyl (C=O) groups excluding carboxylic acids is 2. The normalized spacial score (nSPS) is 16.2. The zero-order valence-electron chi connectivity index (χ0n) is 11.5. The lowest BCUT2D eigenvalue weighted by Gasteiger charge is -2.09. The largest absolute Gasteiger partial charge is 0.422 e. The number of carbonyl (C=O) groups is 2. The molecule has 2 aromatic rings. The van der Waals surface area contributed by atoms with Crippen LogP contribution in [0.2, 0.25) is 0 Å². The van der Waals surface area contributed by atoms with Crippen molar-refractivity contribution in [3.63, 3.8) is 0 Å². The van der Waals surface area contributed by atoms with E-state index in [0.717, 1.165) is 10.5 Å². The van der Waals surface area contributed by atoms with Crippen LogP contribution in [0.4, 0.5) is 9.18 Å². The van der Waals surface area contributed by atoms with Gasteiger partial charge in [0.25, 0.3) is 5.91 Å². The van der Waals surface area contributed by atoms with Crippen molar-refractivity contribution in [1.82, 2.24) is 4.90 Å². The van der Waals surface area contributed by atoms with Gasteiger partial charge in [0.2, 0.25) is 0 Å². The van der Waals surface area contributed by atoms with E-state index in [0.29, 0.717) is 5.56 Å². The highest BCUT2D eigenvalue weighted by molar-refractivity contribution is 6.09. The molecule has 4 nitrogen and oxygen atoms in total.